The fraction of sp³-hybridized carbons (Fsp3) is 0.316. The quantitative estimate of drug-likeness (QED) is 0.684. The van der Waals surface area contributed by atoms with E-state index in [1.165, 1.54) is 0 Å². The molecule has 26 heavy (non-hydrogen) atoms. The van der Waals surface area contributed by atoms with Gasteiger partial charge in [-0.05, 0) is 19.1 Å². The van der Waals surface area contributed by atoms with Crippen molar-refractivity contribution in [2.24, 2.45) is 7.05 Å². The number of carbonyl (C=O) groups is 1. The Kier molecular flexibility index (Phi) is 3.70. The maximum Gasteiger partial charge on any atom is 0.280 e. The van der Waals surface area contributed by atoms with Crippen molar-refractivity contribution in [2.75, 3.05) is 11.4 Å². The number of anilines is 1. The molecule has 0 fully saturated rings. The van der Waals surface area contributed by atoms with Crippen molar-refractivity contribution < 1.29 is 9.21 Å². The minimum atomic E-state index is -0.229. The summed E-state index contributed by atoms with van der Waals surface area (Å²) in [7, 11) is 1.82. The molecule has 134 valence electrons. The monoisotopic (exact) mass is 370 g/mol. The van der Waals surface area contributed by atoms with Crippen LogP contribution in [0.4, 0.5) is 5.69 Å². The molecule has 1 aliphatic rings. The minimum Gasteiger partial charge on any atom is -0.440 e. The summed E-state index contributed by atoms with van der Waals surface area (Å²) >= 11 is 6.41. The van der Waals surface area contributed by atoms with E-state index in [-0.39, 0.29) is 11.3 Å². The number of hydrogen-bond acceptors (Lipinski definition) is 4. The molecule has 0 bridgehead atoms. The molecule has 2 aromatic heterocycles. The van der Waals surface area contributed by atoms with Gasteiger partial charge in [0.1, 0.15) is 5.76 Å². The Morgan fingerprint density at radius 1 is 1.35 bits per heavy atom. The SMILES string of the molecule is Cc1oc(-c2cnn(C)c2)nc1C(=O)N1CC(C)(C)c2c(Cl)cccc21. The van der Waals surface area contributed by atoms with Gasteiger partial charge < -0.3 is 9.32 Å². The summed E-state index contributed by atoms with van der Waals surface area (Å²) in [5.74, 6) is 0.696. The van der Waals surface area contributed by atoms with E-state index in [9.17, 15) is 4.79 Å². The third-order valence-electron chi connectivity index (χ3n) is 4.71. The maximum absolute atomic E-state index is 13.2. The van der Waals surface area contributed by atoms with Crippen molar-refractivity contribution in [3.05, 3.63) is 52.6 Å². The van der Waals surface area contributed by atoms with Gasteiger partial charge in [0.05, 0.1) is 11.8 Å². The molecule has 0 aliphatic carbocycles. The summed E-state index contributed by atoms with van der Waals surface area (Å²) in [5, 5.41) is 4.80. The number of fused-ring (bicyclic) bond motifs is 1. The molecule has 1 aromatic carbocycles. The normalized spacial score (nSPS) is 15.3. The molecule has 0 unspecified atom stereocenters. The van der Waals surface area contributed by atoms with Gasteiger partial charge in [-0.15, -0.1) is 0 Å². The lowest BCUT2D eigenvalue weighted by molar-refractivity contribution is 0.0980. The molecule has 0 spiro atoms. The van der Waals surface area contributed by atoms with E-state index in [1.54, 1.807) is 28.9 Å². The second-order valence-corrected chi connectivity index (χ2v) is 7.64. The van der Waals surface area contributed by atoms with Gasteiger partial charge in [0.2, 0.25) is 5.89 Å². The number of hydrogen-bond donors (Lipinski definition) is 0. The van der Waals surface area contributed by atoms with Crippen molar-refractivity contribution in [1.29, 1.82) is 0 Å². The third-order valence-corrected chi connectivity index (χ3v) is 5.02. The third kappa shape index (κ3) is 2.52. The van der Waals surface area contributed by atoms with Crippen molar-refractivity contribution in [3.8, 4) is 11.5 Å². The number of nitrogens with zero attached hydrogens (tertiary/aromatic N) is 4. The average molecular weight is 371 g/mol. The number of carbonyl (C=O) groups excluding carboxylic acids is 1. The lowest BCUT2D eigenvalue weighted by atomic mass is 9.87. The number of oxazole rings is 1. The Morgan fingerprint density at radius 3 is 2.81 bits per heavy atom. The molecule has 6 nitrogen and oxygen atoms in total. The zero-order valence-corrected chi connectivity index (χ0v) is 15.8. The summed E-state index contributed by atoms with van der Waals surface area (Å²) in [4.78, 5) is 19.4. The number of amides is 1. The molecule has 1 amide bonds. The molecule has 0 saturated heterocycles. The van der Waals surface area contributed by atoms with Crippen LogP contribution in [0.1, 0.15) is 35.7 Å². The molecule has 3 heterocycles. The van der Waals surface area contributed by atoms with Crippen LogP contribution in [0.5, 0.6) is 0 Å². The van der Waals surface area contributed by atoms with Crippen molar-refractivity contribution in [1.82, 2.24) is 14.8 Å². The molecule has 1 aliphatic heterocycles. The predicted molar refractivity (Wildman–Crippen MR) is 99.6 cm³/mol. The van der Waals surface area contributed by atoms with E-state index >= 15 is 0 Å². The van der Waals surface area contributed by atoms with Gasteiger partial charge in [0.25, 0.3) is 5.91 Å². The maximum atomic E-state index is 13.2. The van der Waals surface area contributed by atoms with Crippen LogP contribution in [0.2, 0.25) is 5.02 Å². The zero-order valence-electron chi connectivity index (χ0n) is 15.1. The van der Waals surface area contributed by atoms with Crippen LogP contribution in [-0.2, 0) is 12.5 Å². The number of rotatable bonds is 2. The summed E-state index contributed by atoms with van der Waals surface area (Å²) in [6.07, 6.45) is 3.46. The number of aryl methyl sites for hydroxylation is 2. The molecule has 0 atom stereocenters. The first-order chi connectivity index (χ1) is 12.3. The second kappa shape index (κ2) is 5.71. The van der Waals surface area contributed by atoms with Crippen molar-refractivity contribution >= 4 is 23.2 Å². The van der Waals surface area contributed by atoms with Crippen LogP contribution in [0.3, 0.4) is 0 Å². The van der Waals surface area contributed by atoms with Crippen LogP contribution in [-0.4, -0.2) is 27.2 Å². The molecule has 0 saturated carbocycles. The molecule has 4 rings (SSSR count). The van der Waals surface area contributed by atoms with Crippen molar-refractivity contribution in [2.45, 2.75) is 26.2 Å². The minimum absolute atomic E-state index is 0.185. The van der Waals surface area contributed by atoms with Crippen LogP contribution in [0, 0.1) is 6.92 Å². The van der Waals surface area contributed by atoms with E-state index < -0.39 is 0 Å². The Balaban J connectivity index is 1.74. The summed E-state index contributed by atoms with van der Waals surface area (Å²) in [6.45, 7) is 6.46. The lowest BCUT2D eigenvalue weighted by Crippen LogP contribution is -2.34. The van der Waals surface area contributed by atoms with Gasteiger partial charge in [0.15, 0.2) is 5.69 Å². The number of benzene rings is 1. The smallest absolute Gasteiger partial charge is 0.280 e. The largest absolute Gasteiger partial charge is 0.440 e. The van der Waals surface area contributed by atoms with Gasteiger partial charge in [-0.2, -0.15) is 5.10 Å². The van der Waals surface area contributed by atoms with E-state index in [4.69, 9.17) is 16.0 Å². The molecular weight excluding hydrogens is 352 g/mol. The molecule has 7 heteroatoms. The number of halogens is 1. The van der Waals surface area contributed by atoms with Crippen LogP contribution in [0.15, 0.2) is 35.0 Å². The van der Waals surface area contributed by atoms with Gasteiger partial charge in [-0.25, -0.2) is 4.98 Å². The predicted octanol–water partition coefficient (Wildman–Crippen LogP) is 3.97. The standard InChI is InChI=1S/C19H19ClN4O2/c1-11-16(22-17(26-11)12-8-21-23(4)9-12)18(25)24-10-19(2,3)15-13(20)6-5-7-14(15)24/h5-9H,10H2,1-4H3. The van der Waals surface area contributed by atoms with Gasteiger partial charge in [-0.1, -0.05) is 31.5 Å². The molecule has 3 aromatic rings. The lowest BCUT2D eigenvalue weighted by Gasteiger charge is -2.20. The fourth-order valence-electron chi connectivity index (χ4n) is 3.53. The molecule has 0 radical (unpaired) electrons. The van der Waals surface area contributed by atoms with E-state index in [0.717, 1.165) is 16.8 Å². The Bertz CT molecular complexity index is 1020. The second-order valence-electron chi connectivity index (χ2n) is 7.24. The highest BCUT2D eigenvalue weighted by molar-refractivity contribution is 6.32. The highest BCUT2D eigenvalue weighted by atomic mass is 35.5. The summed E-state index contributed by atoms with van der Waals surface area (Å²) in [5.41, 5.74) is 2.64. The van der Waals surface area contributed by atoms with E-state index in [1.807, 2.05) is 25.2 Å². The zero-order chi connectivity index (χ0) is 18.6. The number of aromatic nitrogens is 3. The van der Waals surface area contributed by atoms with Gasteiger partial charge >= 0.3 is 0 Å². The average Bonchev–Trinajstić information content (AvgIpc) is 3.24. The first kappa shape index (κ1) is 16.8. The van der Waals surface area contributed by atoms with Gasteiger partial charge in [-0.3, -0.25) is 9.48 Å². The van der Waals surface area contributed by atoms with Crippen LogP contribution >= 0.6 is 11.6 Å². The van der Waals surface area contributed by atoms with Crippen LogP contribution in [0.25, 0.3) is 11.5 Å². The topological polar surface area (TPSA) is 64.2 Å². The van der Waals surface area contributed by atoms with Crippen molar-refractivity contribution in [3.63, 3.8) is 0 Å². The molecular formula is C19H19ClN4O2. The molecule has 0 N–H and O–H groups in total. The van der Waals surface area contributed by atoms with Crippen LogP contribution < -0.4 is 4.90 Å². The van der Waals surface area contributed by atoms with Gasteiger partial charge in [0, 0.05) is 41.5 Å². The van der Waals surface area contributed by atoms with E-state index in [0.29, 0.717) is 28.9 Å². The summed E-state index contributed by atoms with van der Waals surface area (Å²) in [6, 6.07) is 5.64. The Morgan fingerprint density at radius 2 is 2.12 bits per heavy atom. The first-order valence-corrected chi connectivity index (χ1v) is 8.73. The highest BCUT2D eigenvalue weighted by Gasteiger charge is 2.41. The highest BCUT2D eigenvalue weighted by Crippen LogP contribution is 2.45. The Hall–Kier alpha value is -2.60. The summed E-state index contributed by atoms with van der Waals surface area (Å²) < 4.78 is 7.38. The first-order valence-electron chi connectivity index (χ1n) is 8.35. The Labute approximate surface area is 156 Å². The fourth-order valence-corrected chi connectivity index (χ4v) is 3.95. The van der Waals surface area contributed by atoms with E-state index in [2.05, 4.69) is 23.9 Å².